The van der Waals surface area contributed by atoms with E-state index in [0.717, 1.165) is 19.0 Å². The Morgan fingerprint density at radius 2 is 1.36 bits per heavy atom. The molecule has 3 nitrogen and oxygen atoms in total. The summed E-state index contributed by atoms with van der Waals surface area (Å²) < 4.78 is 16.7. The van der Waals surface area contributed by atoms with Crippen LogP contribution >= 0.6 is 9.24 Å². The second kappa shape index (κ2) is 8.60. The van der Waals surface area contributed by atoms with Crippen molar-refractivity contribution in [1.82, 2.24) is 0 Å². The van der Waals surface area contributed by atoms with E-state index in [0.29, 0.717) is 19.8 Å². The summed E-state index contributed by atoms with van der Waals surface area (Å²) in [4.78, 5) is 0. The second-order valence-corrected chi connectivity index (χ2v) is 3.45. The smallest absolute Gasteiger partial charge is 0.282 e. The fourth-order valence-corrected chi connectivity index (χ4v) is 1.52. The van der Waals surface area contributed by atoms with E-state index in [2.05, 4.69) is 9.24 Å². The van der Waals surface area contributed by atoms with Gasteiger partial charge in [-0.2, -0.15) is 0 Å². The van der Waals surface area contributed by atoms with Gasteiger partial charge in [0.25, 0.3) is 5.97 Å². The zero-order valence-electron chi connectivity index (χ0n) is 9.54. The molecular formula is C10H23O3P. The third-order valence-corrected chi connectivity index (χ3v) is 2.19. The van der Waals surface area contributed by atoms with Crippen molar-refractivity contribution in [3.8, 4) is 0 Å². The summed E-state index contributed by atoms with van der Waals surface area (Å²) in [5.74, 6) is -0.811. The van der Waals surface area contributed by atoms with Gasteiger partial charge in [-0.15, -0.1) is 9.24 Å². The van der Waals surface area contributed by atoms with Crippen LogP contribution in [0.4, 0.5) is 0 Å². The minimum Gasteiger partial charge on any atom is -0.328 e. The van der Waals surface area contributed by atoms with E-state index in [4.69, 9.17) is 14.2 Å². The molecule has 0 heterocycles. The molecule has 86 valence electrons. The molecule has 0 aromatic carbocycles. The van der Waals surface area contributed by atoms with Crippen molar-refractivity contribution < 1.29 is 14.2 Å². The van der Waals surface area contributed by atoms with Crippen molar-refractivity contribution in [3.05, 3.63) is 0 Å². The van der Waals surface area contributed by atoms with Gasteiger partial charge in [0.2, 0.25) is 0 Å². The number of hydrogen-bond acceptors (Lipinski definition) is 3. The highest BCUT2D eigenvalue weighted by molar-refractivity contribution is 7.16. The van der Waals surface area contributed by atoms with Gasteiger partial charge in [-0.3, -0.25) is 0 Å². The average Bonchev–Trinajstić information content (AvgIpc) is 2.16. The molecular weight excluding hydrogens is 199 g/mol. The molecule has 0 aliphatic heterocycles. The van der Waals surface area contributed by atoms with E-state index in [1.165, 1.54) is 0 Å². The summed E-state index contributed by atoms with van der Waals surface area (Å²) in [7, 11) is 2.70. The van der Waals surface area contributed by atoms with E-state index in [1.54, 1.807) is 0 Å². The molecule has 0 spiro atoms. The molecule has 0 aliphatic carbocycles. The lowest BCUT2D eigenvalue weighted by atomic mass is 10.3. The molecule has 1 atom stereocenters. The highest BCUT2D eigenvalue weighted by Crippen LogP contribution is 2.22. The Morgan fingerprint density at radius 1 is 0.929 bits per heavy atom. The maximum atomic E-state index is 5.56. The van der Waals surface area contributed by atoms with Crippen LogP contribution in [0.5, 0.6) is 0 Å². The minimum atomic E-state index is -0.811. The lowest BCUT2D eigenvalue weighted by Crippen LogP contribution is -2.39. The third kappa shape index (κ3) is 5.26. The van der Waals surface area contributed by atoms with Crippen molar-refractivity contribution in [1.29, 1.82) is 0 Å². The molecule has 0 saturated heterocycles. The van der Waals surface area contributed by atoms with E-state index < -0.39 is 5.97 Å². The Balaban J connectivity index is 4.21. The molecule has 0 N–H and O–H groups in total. The SMILES string of the molecule is CCOC(CCCP)(OCC)OCC. The Hall–Kier alpha value is 0.310. The van der Waals surface area contributed by atoms with Crippen LogP contribution in [-0.2, 0) is 14.2 Å². The Kier molecular flexibility index (Phi) is 8.80. The van der Waals surface area contributed by atoms with Gasteiger partial charge in [0.05, 0.1) is 0 Å². The van der Waals surface area contributed by atoms with E-state index in [9.17, 15) is 0 Å². The fourth-order valence-electron chi connectivity index (χ4n) is 1.32. The van der Waals surface area contributed by atoms with Crippen molar-refractivity contribution in [3.63, 3.8) is 0 Å². The Labute approximate surface area is 89.7 Å². The Bertz CT molecular complexity index is 114. The predicted octanol–water partition coefficient (Wildman–Crippen LogP) is 2.41. The standard InChI is InChI=1S/C10H23O3P/c1-4-11-10(12-5-2,13-6-3)8-7-9-14/h4-9,14H2,1-3H3. The topological polar surface area (TPSA) is 27.7 Å². The van der Waals surface area contributed by atoms with Crippen molar-refractivity contribution in [2.75, 3.05) is 26.0 Å². The first kappa shape index (κ1) is 14.3. The van der Waals surface area contributed by atoms with Gasteiger partial charge in [-0.1, -0.05) is 0 Å². The largest absolute Gasteiger partial charge is 0.328 e. The van der Waals surface area contributed by atoms with E-state index in [-0.39, 0.29) is 0 Å². The minimum absolute atomic E-state index is 0.608. The van der Waals surface area contributed by atoms with Crippen LogP contribution in [0.2, 0.25) is 0 Å². The first-order chi connectivity index (χ1) is 6.74. The molecule has 0 aromatic rings. The predicted molar refractivity (Wildman–Crippen MR) is 61.4 cm³/mol. The summed E-state index contributed by atoms with van der Waals surface area (Å²) in [6.07, 6.45) is 2.84. The van der Waals surface area contributed by atoms with Crippen molar-refractivity contribution in [2.45, 2.75) is 39.6 Å². The summed E-state index contributed by atoms with van der Waals surface area (Å²) in [6, 6.07) is 0. The second-order valence-electron chi connectivity index (χ2n) is 2.87. The van der Waals surface area contributed by atoms with E-state index in [1.807, 2.05) is 20.8 Å². The Morgan fingerprint density at radius 3 is 1.64 bits per heavy atom. The molecule has 0 aliphatic rings. The van der Waals surface area contributed by atoms with Gasteiger partial charge in [-0.25, -0.2) is 0 Å². The maximum absolute atomic E-state index is 5.56. The van der Waals surface area contributed by atoms with Gasteiger partial charge in [0, 0.05) is 26.2 Å². The lowest BCUT2D eigenvalue weighted by molar-refractivity contribution is -0.379. The van der Waals surface area contributed by atoms with Crippen LogP contribution in [-0.4, -0.2) is 32.0 Å². The highest BCUT2D eigenvalue weighted by atomic mass is 31.0. The first-order valence-electron chi connectivity index (χ1n) is 5.36. The van der Waals surface area contributed by atoms with Crippen LogP contribution in [0, 0.1) is 0 Å². The third-order valence-electron chi connectivity index (χ3n) is 1.78. The van der Waals surface area contributed by atoms with E-state index >= 15 is 0 Å². The molecule has 14 heavy (non-hydrogen) atoms. The molecule has 1 unspecified atom stereocenters. The summed E-state index contributed by atoms with van der Waals surface area (Å²) >= 11 is 0. The zero-order chi connectivity index (χ0) is 10.9. The van der Waals surface area contributed by atoms with Gasteiger partial charge in [0.1, 0.15) is 0 Å². The maximum Gasteiger partial charge on any atom is 0.282 e. The van der Waals surface area contributed by atoms with Crippen LogP contribution < -0.4 is 0 Å². The first-order valence-corrected chi connectivity index (χ1v) is 6.18. The zero-order valence-corrected chi connectivity index (χ0v) is 10.7. The molecule has 0 rings (SSSR count). The summed E-state index contributed by atoms with van der Waals surface area (Å²) in [5, 5.41) is 0. The quantitative estimate of drug-likeness (QED) is 0.443. The van der Waals surface area contributed by atoms with Crippen molar-refractivity contribution in [2.24, 2.45) is 0 Å². The van der Waals surface area contributed by atoms with Crippen LogP contribution in [0.3, 0.4) is 0 Å². The van der Waals surface area contributed by atoms with Gasteiger partial charge in [0.15, 0.2) is 0 Å². The molecule has 0 aromatic heterocycles. The number of rotatable bonds is 9. The highest BCUT2D eigenvalue weighted by Gasteiger charge is 2.31. The van der Waals surface area contributed by atoms with Gasteiger partial charge >= 0.3 is 0 Å². The van der Waals surface area contributed by atoms with Crippen LogP contribution in [0.15, 0.2) is 0 Å². The summed E-state index contributed by atoms with van der Waals surface area (Å²) in [5.41, 5.74) is 0. The van der Waals surface area contributed by atoms with Gasteiger partial charge in [-0.05, 0) is 33.4 Å². The lowest BCUT2D eigenvalue weighted by Gasteiger charge is -2.32. The van der Waals surface area contributed by atoms with Crippen LogP contribution in [0.1, 0.15) is 33.6 Å². The van der Waals surface area contributed by atoms with Crippen LogP contribution in [0.25, 0.3) is 0 Å². The molecule has 0 saturated carbocycles. The van der Waals surface area contributed by atoms with Crippen molar-refractivity contribution >= 4 is 9.24 Å². The fraction of sp³-hybridized carbons (Fsp3) is 1.00. The molecule has 4 heteroatoms. The molecule has 0 amide bonds. The monoisotopic (exact) mass is 222 g/mol. The molecule has 0 radical (unpaired) electrons. The number of ether oxygens (including phenoxy) is 3. The number of hydrogen-bond donors (Lipinski definition) is 0. The van der Waals surface area contributed by atoms with Gasteiger partial charge < -0.3 is 14.2 Å². The molecule has 0 fully saturated rings. The average molecular weight is 222 g/mol. The summed E-state index contributed by atoms with van der Waals surface area (Å²) in [6.45, 7) is 7.68. The molecule has 0 bridgehead atoms. The normalized spacial score (nSPS) is 12.0.